The van der Waals surface area contributed by atoms with Crippen molar-refractivity contribution in [3.05, 3.63) is 124 Å². The van der Waals surface area contributed by atoms with Crippen LogP contribution in [0, 0.1) is 0 Å². The zero-order chi connectivity index (χ0) is 26.5. The van der Waals surface area contributed by atoms with Gasteiger partial charge in [0.15, 0.2) is 0 Å². The van der Waals surface area contributed by atoms with E-state index in [0.29, 0.717) is 22.9 Å². The monoisotopic (exact) mass is 527 g/mol. The average Bonchev–Trinajstić information content (AvgIpc) is 3.25. The van der Waals surface area contributed by atoms with Crippen molar-refractivity contribution < 1.29 is 24.2 Å². The van der Waals surface area contributed by atoms with Crippen molar-refractivity contribution in [2.45, 2.75) is 25.0 Å². The predicted octanol–water partition coefficient (Wildman–Crippen LogP) is 6.45. The number of aliphatic carboxylic acids is 1. The minimum atomic E-state index is -1.18. The number of ether oxygens (including phenoxy) is 2. The molecule has 1 atom stereocenters. The molecule has 2 N–H and O–H groups in total. The first-order valence-corrected chi connectivity index (χ1v) is 12.7. The van der Waals surface area contributed by atoms with Crippen LogP contribution in [0.15, 0.2) is 97.1 Å². The van der Waals surface area contributed by atoms with Crippen molar-refractivity contribution in [3.8, 4) is 16.9 Å². The Balaban J connectivity index is 1.20. The molecule has 1 amide bonds. The highest BCUT2D eigenvalue weighted by molar-refractivity contribution is 6.32. The van der Waals surface area contributed by atoms with Crippen molar-refractivity contribution in [1.82, 2.24) is 5.32 Å². The molecular formula is C31H26ClNO5. The minimum Gasteiger partial charge on any atom is -0.487 e. The van der Waals surface area contributed by atoms with Gasteiger partial charge in [-0.15, -0.1) is 0 Å². The van der Waals surface area contributed by atoms with E-state index in [9.17, 15) is 14.7 Å². The molecule has 0 spiro atoms. The molecule has 0 aromatic heterocycles. The smallest absolute Gasteiger partial charge is 0.407 e. The molecule has 0 saturated heterocycles. The molecule has 6 nitrogen and oxygen atoms in total. The largest absolute Gasteiger partial charge is 0.487 e. The molecule has 0 heterocycles. The van der Waals surface area contributed by atoms with Crippen molar-refractivity contribution in [2.75, 3.05) is 6.61 Å². The van der Waals surface area contributed by atoms with Crippen LogP contribution in [0.1, 0.15) is 28.2 Å². The van der Waals surface area contributed by atoms with Gasteiger partial charge in [0.05, 0.1) is 5.02 Å². The number of rotatable bonds is 9. The van der Waals surface area contributed by atoms with E-state index in [-0.39, 0.29) is 18.9 Å². The van der Waals surface area contributed by atoms with Crippen LogP contribution >= 0.6 is 11.6 Å². The summed E-state index contributed by atoms with van der Waals surface area (Å²) in [6.07, 6.45) is -0.744. The van der Waals surface area contributed by atoms with E-state index in [1.165, 1.54) is 0 Å². The maximum absolute atomic E-state index is 12.6. The van der Waals surface area contributed by atoms with Gasteiger partial charge in [-0.2, -0.15) is 0 Å². The van der Waals surface area contributed by atoms with Crippen molar-refractivity contribution in [1.29, 1.82) is 0 Å². The Hall–Kier alpha value is -4.29. The first-order valence-electron chi connectivity index (χ1n) is 12.3. The highest BCUT2D eigenvalue weighted by Gasteiger charge is 2.30. The van der Waals surface area contributed by atoms with Gasteiger partial charge in [0, 0.05) is 12.3 Å². The SMILES string of the molecule is O=C(NC(Cc1ccc(OCc2ccccc2)c(Cl)c1)C(=O)O)OCC1c2ccccc2-c2ccccc21. The third-order valence-corrected chi connectivity index (χ3v) is 6.90. The molecule has 1 aliphatic carbocycles. The molecule has 0 fully saturated rings. The number of nitrogens with one attached hydrogen (secondary N) is 1. The lowest BCUT2D eigenvalue weighted by molar-refractivity contribution is -0.139. The first-order chi connectivity index (χ1) is 18.5. The van der Waals surface area contributed by atoms with E-state index in [2.05, 4.69) is 17.4 Å². The van der Waals surface area contributed by atoms with E-state index < -0.39 is 18.1 Å². The maximum atomic E-state index is 12.6. The van der Waals surface area contributed by atoms with Crippen LogP contribution in [-0.2, 0) is 22.6 Å². The van der Waals surface area contributed by atoms with Gasteiger partial charge in [-0.3, -0.25) is 0 Å². The summed E-state index contributed by atoms with van der Waals surface area (Å²) in [7, 11) is 0. The highest BCUT2D eigenvalue weighted by atomic mass is 35.5. The van der Waals surface area contributed by atoms with E-state index >= 15 is 0 Å². The topological polar surface area (TPSA) is 84.9 Å². The molecule has 0 radical (unpaired) electrons. The molecule has 7 heteroatoms. The summed E-state index contributed by atoms with van der Waals surface area (Å²) in [5, 5.41) is 12.6. The first kappa shape index (κ1) is 25.4. The second-order valence-electron chi connectivity index (χ2n) is 9.10. The van der Waals surface area contributed by atoms with Gasteiger partial charge >= 0.3 is 12.1 Å². The van der Waals surface area contributed by atoms with Gasteiger partial charge in [-0.05, 0) is 45.5 Å². The summed E-state index contributed by atoms with van der Waals surface area (Å²) in [4.78, 5) is 24.5. The fourth-order valence-electron chi connectivity index (χ4n) is 4.74. The molecule has 5 rings (SSSR count). The van der Waals surface area contributed by atoms with Crippen molar-refractivity contribution in [3.63, 3.8) is 0 Å². The normalized spacial score (nSPS) is 12.8. The third kappa shape index (κ3) is 5.66. The quantitative estimate of drug-likeness (QED) is 0.261. The van der Waals surface area contributed by atoms with Crippen LogP contribution < -0.4 is 10.1 Å². The highest BCUT2D eigenvalue weighted by Crippen LogP contribution is 2.44. The lowest BCUT2D eigenvalue weighted by Gasteiger charge is -2.18. The van der Waals surface area contributed by atoms with Gasteiger partial charge in [0.1, 0.15) is 25.0 Å². The second-order valence-corrected chi connectivity index (χ2v) is 9.51. The average molecular weight is 528 g/mol. The molecule has 4 aromatic rings. The van der Waals surface area contributed by atoms with E-state index in [1.807, 2.05) is 66.7 Å². The van der Waals surface area contributed by atoms with Gasteiger partial charge in [-0.1, -0.05) is 96.5 Å². The van der Waals surface area contributed by atoms with Gasteiger partial charge in [0.2, 0.25) is 0 Å². The Morgan fingerprint density at radius 3 is 2.11 bits per heavy atom. The molecule has 0 saturated carbocycles. The molecule has 38 heavy (non-hydrogen) atoms. The number of carbonyl (C=O) groups excluding carboxylic acids is 1. The minimum absolute atomic E-state index is 0.0399. The molecule has 1 aliphatic rings. The van der Waals surface area contributed by atoms with Crippen LogP contribution in [-0.4, -0.2) is 29.8 Å². The fraction of sp³-hybridized carbons (Fsp3) is 0.161. The molecule has 0 aliphatic heterocycles. The number of carboxylic acids is 1. The Kier molecular flexibility index (Phi) is 7.61. The number of alkyl carbamates (subject to hydrolysis) is 1. The lowest BCUT2D eigenvalue weighted by atomic mass is 9.98. The van der Waals surface area contributed by atoms with Crippen LogP contribution in [0.4, 0.5) is 4.79 Å². The Morgan fingerprint density at radius 2 is 1.47 bits per heavy atom. The van der Waals surface area contributed by atoms with Crippen molar-refractivity contribution >= 4 is 23.7 Å². The number of hydrogen-bond acceptors (Lipinski definition) is 4. The third-order valence-electron chi connectivity index (χ3n) is 6.61. The number of carbonyl (C=O) groups is 2. The lowest BCUT2D eigenvalue weighted by Crippen LogP contribution is -2.42. The fourth-order valence-corrected chi connectivity index (χ4v) is 5.00. The Bertz CT molecular complexity index is 1410. The zero-order valence-corrected chi connectivity index (χ0v) is 21.2. The Morgan fingerprint density at radius 1 is 0.842 bits per heavy atom. The van der Waals surface area contributed by atoms with Crippen molar-refractivity contribution in [2.24, 2.45) is 0 Å². The summed E-state index contributed by atoms with van der Waals surface area (Å²) in [5.41, 5.74) is 6.06. The van der Waals surface area contributed by atoms with E-state index in [1.54, 1.807) is 18.2 Å². The summed E-state index contributed by atoms with van der Waals surface area (Å²) >= 11 is 6.38. The van der Waals surface area contributed by atoms with Crippen LogP contribution in [0.3, 0.4) is 0 Å². The van der Waals surface area contributed by atoms with E-state index in [0.717, 1.165) is 27.8 Å². The molecule has 1 unspecified atom stereocenters. The van der Waals surface area contributed by atoms with Crippen LogP contribution in [0.5, 0.6) is 5.75 Å². The van der Waals surface area contributed by atoms with E-state index in [4.69, 9.17) is 21.1 Å². The number of hydrogen-bond donors (Lipinski definition) is 2. The number of carboxylic acid groups (broad SMARTS) is 1. The Labute approximate surface area is 225 Å². The maximum Gasteiger partial charge on any atom is 0.407 e. The van der Waals surface area contributed by atoms with Gasteiger partial charge < -0.3 is 19.9 Å². The zero-order valence-electron chi connectivity index (χ0n) is 20.5. The van der Waals surface area contributed by atoms with Crippen LogP contribution in [0.2, 0.25) is 5.02 Å². The molecule has 0 bridgehead atoms. The number of amides is 1. The predicted molar refractivity (Wildman–Crippen MR) is 146 cm³/mol. The summed E-state index contributed by atoms with van der Waals surface area (Å²) in [5.74, 6) is -0.784. The van der Waals surface area contributed by atoms with Gasteiger partial charge in [0.25, 0.3) is 0 Å². The summed E-state index contributed by atoms with van der Waals surface area (Å²) in [6, 6.07) is 29.6. The second kappa shape index (κ2) is 11.4. The van der Waals surface area contributed by atoms with Crippen LogP contribution in [0.25, 0.3) is 11.1 Å². The standard InChI is InChI=1S/C31H26ClNO5/c32-27-16-21(14-15-29(27)37-18-20-8-2-1-3-9-20)17-28(30(34)35)33-31(36)38-19-26-24-12-6-4-10-22(24)23-11-5-7-13-25(23)26/h1-16,26,28H,17-19H2,(H,33,36)(H,34,35). The molecular weight excluding hydrogens is 502 g/mol. The number of halogens is 1. The summed E-state index contributed by atoms with van der Waals surface area (Å²) < 4.78 is 11.3. The molecule has 4 aromatic carbocycles. The van der Waals surface area contributed by atoms with Gasteiger partial charge in [-0.25, -0.2) is 9.59 Å². The summed E-state index contributed by atoms with van der Waals surface area (Å²) in [6.45, 7) is 0.465. The molecule has 192 valence electrons. The number of fused-ring (bicyclic) bond motifs is 3. The number of benzene rings is 4.